The molecule has 2 N–H and O–H groups in total. The number of nitrogens with one attached hydrogen (secondary N) is 2. The number of hydrogen-bond donors (Lipinski definition) is 2. The van der Waals surface area contributed by atoms with Crippen molar-refractivity contribution in [2.45, 2.75) is 6.92 Å². The molecule has 0 radical (unpaired) electrons. The number of nitrogens with zero attached hydrogens (tertiary/aromatic N) is 4. The van der Waals surface area contributed by atoms with Gasteiger partial charge in [-0.2, -0.15) is 15.1 Å². The maximum Gasteiger partial charge on any atom is 0.226 e. The average Bonchev–Trinajstić information content (AvgIpc) is 3.20. The van der Waals surface area contributed by atoms with Crippen molar-refractivity contribution in [2.24, 2.45) is 0 Å². The van der Waals surface area contributed by atoms with Crippen LogP contribution in [-0.2, 0) is 4.74 Å². The summed E-state index contributed by atoms with van der Waals surface area (Å²) in [6.07, 6.45) is 1.78. The fourth-order valence-corrected chi connectivity index (χ4v) is 3.04. The molecule has 154 valence electrons. The summed E-state index contributed by atoms with van der Waals surface area (Å²) in [6.45, 7) is 3.76. The van der Waals surface area contributed by atoms with Crippen LogP contribution in [0.25, 0.3) is 16.7 Å². The molecule has 0 fully saturated rings. The SMILES string of the molecule is CCOc1ccc(Nc2nc(NCCOC)nc3c2cnn3-c2ccccc2)cc1. The molecule has 0 aliphatic carbocycles. The van der Waals surface area contributed by atoms with Gasteiger partial charge in [0.05, 0.1) is 30.5 Å². The second kappa shape index (κ2) is 9.23. The molecular weight excluding hydrogens is 380 g/mol. The van der Waals surface area contributed by atoms with Crippen LogP contribution in [0, 0.1) is 0 Å². The number of benzene rings is 2. The minimum Gasteiger partial charge on any atom is -0.494 e. The largest absolute Gasteiger partial charge is 0.494 e. The third-order valence-corrected chi connectivity index (χ3v) is 4.45. The van der Waals surface area contributed by atoms with Crippen LogP contribution in [0.2, 0.25) is 0 Å². The smallest absolute Gasteiger partial charge is 0.226 e. The lowest BCUT2D eigenvalue weighted by molar-refractivity contribution is 0.210. The summed E-state index contributed by atoms with van der Waals surface area (Å²) < 4.78 is 12.4. The molecule has 0 bridgehead atoms. The van der Waals surface area contributed by atoms with Gasteiger partial charge in [0.25, 0.3) is 0 Å². The highest BCUT2D eigenvalue weighted by Crippen LogP contribution is 2.27. The standard InChI is InChI=1S/C22H24N6O2/c1-3-30-18-11-9-16(10-12-18)25-20-19-15-24-28(17-7-5-4-6-8-17)21(19)27-22(26-20)23-13-14-29-2/h4-12,15H,3,13-14H2,1-2H3,(H2,23,25,26,27). The van der Waals surface area contributed by atoms with Crippen molar-refractivity contribution in [3.05, 3.63) is 60.8 Å². The summed E-state index contributed by atoms with van der Waals surface area (Å²) in [5.74, 6) is 2.01. The van der Waals surface area contributed by atoms with Gasteiger partial charge in [-0.3, -0.25) is 0 Å². The van der Waals surface area contributed by atoms with Crippen LogP contribution in [0.15, 0.2) is 60.8 Å². The second-order valence-corrected chi connectivity index (χ2v) is 6.53. The van der Waals surface area contributed by atoms with Gasteiger partial charge < -0.3 is 20.1 Å². The van der Waals surface area contributed by atoms with Crippen molar-refractivity contribution in [1.82, 2.24) is 19.7 Å². The number of hydrogen-bond acceptors (Lipinski definition) is 7. The molecule has 0 amide bonds. The summed E-state index contributed by atoms with van der Waals surface area (Å²) in [5.41, 5.74) is 2.54. The van der Waals surface area contributed by atoms with E-state index in [0.29, 0.717) is 37.2 Å². The first-order valence-corrected chi connectivity index (χ1v) is 9.82. The number of ether oxygens (including phenoxy) is 2. The van der Waals surface area contributed by atoms with E-state index in [0.717, 1.165) is 22.5 Å². The zero-order chi connectivity index (χ0) is 20.8. The monoisotopic (exact) mass is 404 g/mol. The summed E-state index contributed by atoms with van der Waals surface area (Å²) in [5, 5.41) is 12.0. The molecule has 0 saturated carbocycles. The Morgan fingerprint density at radius 1 is 1.00 bits per heavy atom. The summed E-state index contributed by atoms with van der Waals surface area (Å²) in [4.78, 5) is 9.35. The third-order valence-electron chi connectivity index (χ3n) is 4.45. The molecule has 4 rings (SSSR count). The highest BCUT2D eigenvalue weighted by Gasteiger charge is 2.14. The van der Waals surface area contributed by atoms with E-state index < -0.39 is 0 Å². The van der Waals surface area contributed by atoms with Gasteiger partial charge in [0.2, 0.25) is 5.95 Å². The van der Waals surface area contributed by atoms with E-state index in [-0.39, 0.29) is 0 Å². The first kappa shape index (κ1) is 19.7. The molecule has 2 aromatic carbocycles. The molecule has 8 heteroatoms. The lowest BCUT2D eigenvalue weighted by Gasteiger charge is -2.11. The number of rotatable bonds is 9. The Balaban J connectivity index is 1.72. The van der Waals surface area contributed by atoms with Crippen LogP contribution in [0.5, 0.6) is 5.75 Å². The molecule has 0 saturated heterocycles. The Hall–Kier alpha value is -3.65. The van der Waals surface area contributed by atoms with Gasteiger partial charge in [-0.25, -0.2) is 4.68 Å². The molecular formula is C22H24N6O2. The predicted octanol–water partition coefficient (Wildman–Crippen LogP) is 4.02. The quantitative estimate of drug-likeness (QED) is 0.408. The normalized spacial score (nSPS) is 10.9. The number of anilines is 3. The van der Waals surface area contributed by atoms with Crippen LogP contribution < -0.4 is 15.4 Å². The number of fused-ring (bicyclic) bond motifs is 1. The van der Waals surface area contributed by atoms with Crippen LogP contribution in [0.4, 0.5) is 17.5 Å². The van der Waals surface area contributed by atoms with Gasteiger partial charge in [0.15, 0.2) is 5.65 Å². The zero-order valence-electron chi connectivity index (χ0n) is 17.0. The zero-order valence-corrected chi connectivity index (χ0v) is 17.0. The molecule has 4 aromatic rings. The third kappa shape index (κ3) is 4.33. The molecule has 0 spiro atoms. The van der Waals surface area contributed by atoms with Gasteiger partial charge >= 0.3 is 0 Å². The van der Waals surface area contributed by atoms with Crippen molar-refractivity contribution >= 4 is 28.5 Å². The Kier molecular flexibility index (Phi) is 6.05. The van der Waals surface area contributed by atoms with Gasteiger partial charge in [0.1, 0.15) is 11.6 Å². The Morgan fingerprint density at radius 3 is 2.53 bits per heavy atom. The molecule has 0 atom stereocenters. The Bertz CT molecular complexity index is 1100. The maximum atomic E-state index is 5.52. The highest BCUT2D eigenvalue weighted by atomic mass is 16.5. The minimum absolute atomic E-state index is 0.505. The van der Waals surface area contributed by atoms with E-state index in [4.69, 9.17) is 9.47 Å². The van der Waals surface area contributed by atoms with E-state index >= 15 is 0 Å². The maximum absolute atomic E-state index is 5.52. The van der Waals surface area contributed by atoms with Crippen molar-refractivity contribution in [3.63, 3.8) is 0 Å². The van der Waals surface area contributed by atoms with Gasteiger partial charge in [-0.05, 0) is 43.3 Å². The van der Waals surface area contributed by atoms with E-state index in [1.807, 2.05) is 66.2 Å². The molecule has 8 nitrogen and oxygen atoms in total. The van der Waals surface area contributed by atoms with Crippen LogP contribution in [0.3, 0.4) is 0 Å². The highest BCUT2D eigenvalue weighted by molar-refractivity contribution is 5.90. The number of para-hydroxylation sites is 1. The molecule has 2 heterocycles. The molecule has 0 aliphatic rings. The molecule has 0 unspecified atom stereocenters. The van der Waals surface area contributed by atoms with Crippen molar-refractivity contribution in [3.8, 4) is 11.4 Å². The average molecular weight is 404 g/mol. The van der Waals surface area contributed by atoms with E-state index in [2.05, 4.69) is 25.7 Å². The van der Waals surface area contributed by atoms with Crippen LogP contribution in [-0.4, -0.2) is 46.6 Å². The fraction of sp³-hybridized carbons (Fsp3) is 0.227. The van der Waals surface area contributed by atoms with Crippen LogP contribution >= 0.6 is 0 Å². The molecule has 2 aromatic heterocycles. The molecule has 30 heavy (non-hydrogen) atoms. The molecule has 0 aliphatic heterocycles. The minimum atomic E-state index is 0.505. The van der Waals surface area contributed by atoms with Gasteiger partial charge in [-0.1, -0.05) is 18.2 Å². The Morgan fingerprint density at radius 2 is 1.80 bits per heavy atom. The summed E-state index contributed by atoms with van der Waals surface area (Å²) in [7, 11) is 1.66. The second-order valence-electron chi connectivity index (χ2n) is 6.53. The van der Waals surface area contributed by atoms with Crippen molar-refractivity contribution < 1.29 is 9.47 Å². The summed E-state index contributed by atoms with van der Waals surface area (Å²) >= 11 is 0. The van der Waals surface area contributed by atoms with Crippen molar-refractivity contribution in [2.75, 3.05) is 37.5 Å². The van der Waals surface area contributed by atoms with Gasteiger partial charge in [0, 0.05) is 19.3 Å². The van der Waals surface area contributed by atoms with E-state index in [1.54, 1.807) is 13.3 Å². The first-order valence-electron chi connectivity index (χ1n) is 9.82. The van der Waals surface area contributed by atoms with Crippen LogP contribution in [0.1, 0.15) is 6.92 Å². The van der Waals surface area contributed by atoms with E-state index in [9.17, 15) is 0 Å². The Labute approximate surface area is 174 Å². The van der Waals surface area contributed by atoms with E-state index in [1.165, 1.54) is 0 Å². The fourth-order valence-electron chi connectivity index (χ4n) is 3.04. The van der Waals surface area contributed by atoms with Gasteiger partial charge in [-0.15, -0.1) is 0 Å². The lowest BCUT2D eigenvalue weighted by Crippen LogP contribution is -2.11. The lowest BCUT2D eigenvalue weighted by atomic mass is 10.3. The number of methoxy groups -OCH3 is 1. The summed E-state index contributed by atoms with van der Waals surface area (Å²) in [6, 6.07) is 17.7. The predicted molar refractivity (Wildman–Crippen MR) is 118 cm³/mol. The topological polar surface area (TPSA) is 86.1 Å². The first-order chi connectivity index (χ1) is 14.8. The van der Waals surface area contributed by atoms with Crippen molar-refractivity contribution in [1.29, 1.82) is 0 Å². The number of aromatic nitrogens is 4.